The lowest BCUT2D eigenvalue weighted by molar-refractivity contribution is -0.138. The van der Waals surface area contributed by atoms with E-state index in [0.717, 1.165) is 0 Å². The molecule has 4 N–H and O–H groups in total. The number of amides is 3. The predicted molar refractivity (Wildman–Crippen MR) is 79.9 cm³/mol. The first-order valence-corrected chi connectivity index (χ1v) is 7.35. The normalized spacial score (nSPS) is 11.8. The van der Waals surface area contributed by atoms with Gasteiger partial charge in [-0.2, -0.15) is 0 Å². The lowest BCUT2D eigenvalue weighted by Crippen LogP contribution is -2.40. The van der Waals surface area contributed by atoms with Crippen LogP contribution in [-0.4, -0.2) is 42.6 Å². The van der Waals surface area contributed by atoms with Crippen molar-refractivity contribution >= 4 is 17.9 Å². The second-order valence-corrected chi connectivity index (χ2v) is 5.46. The topological polar surface area (TPSA) is 108 Å². The number of aliphatic carboxylic acids is 1. The minimum Gasteiger partial charge on any atom is -0.481 e. The van der Waals surface area contributed by atoms with Gasteiger partial charge in [0, 0.05) is 32.5 Å². The molecule has 7 nitrogen and oxygen atoms in total. The van der Waals surface area contributed by atoms with Crippen molar-refractivity contribution in [3.05, 3.63) is 0 Å². The van der Waals surface area contributed by atoms with Gasteiger partial charge >= 0.3 is 12.0 Å². The van der Waals surface area contributed by atoms with Crippen LogP contribution < -0.4 is 16.0 Å². The van der Waals surface area contributed by atoms with Gasteiger partial charge < -0.3 is 21.1 Å². The molecule has 0 spiro atoms. The van der Waals surface area contributed by atoms with Gasteiger partial charge in [-0.3, -0.25) is 9.59 Å². The summed E-state index contributed by atoms with van der Waals surface area (Å²) >= 11 is 0. The fraction of sp³-hybridized carbons (Fsp3) is 0.786. The summed E-state index contributed by atoms with van der Waals surface area (Å²) in [7, 11) is 0. The van der Waals surface area contributed by atoms with Crippen molar-refractivity contribution < 1.29 is 19.5 Å². The minimum atomic E-state index is -0.870. The summed E-state index contributed by atoms with van der Waals surface area (Å²) < 4.78 is 0. The van der Waals surface area contributed by atoms with Crippen LogP contribution in [0, 0.1) is 11.8 Å². The highest BCUT2D eigenvalue weighted by atomic mass is 16.4. The van der Waals surface area contributed by atoms with Crippen molar-refractivity contribution in [1.82, 2.24) is 16.0 Å². The fourth-order valence-corrected chi connectivity index (χ4v) is 1.60. The number of nitrogens with one attached hydrogen (secondary N) is 3. The lowest BCUT2D eigenvalue weighted by Gasteiger charge is -2.14. The molecule has 0 rings (SSSR count). The molecule has 7 heteroatoms. The van der Waals surface area contributed by atoms with Crippen LogP contribution >= 0.6 is 0 Å². The van der Waals surface area contributed by atoms with E-state index < -0.39 is 5.97 Å². The third-order valence-electron chi connectivity index (χ3n) is 2.94. The van der Waals surface area contributed by atoms with Crippen LogP contribution in [0.15, 0.2) is 0 Å². The van der Waals surface area contributed by atoms with E-state index in [1.54, 1.807) is 0 Å². The smallest absolute Gasteiger partial charge is 0.314 e. The highest BCUT2D eigenvalue weighted by molar-refractivity contribution is 5.78. The van der Waals surface area contributed by atoms with E-state index in [1.807, 2.05) is 20.8 Å². The van der Waals surface area contributed by atoms with E-state index in [4.69, 9.17) is 5.11 Å². The zero-order valence-electron chi connectivity index (χ0n) is 13.1. The van der Waals surface area contributed by atoms with Gasteiger partial charge in [0.25, 0.3) is 0 Å². The van der Waals surface area contributed by atoms with Crippen molar-refractivity contribution in [2.75, 3.05) is 19.6 Å². The lowest BCUT2D eigenvalue weighted by atomic mass is 10.0. The Kier molecular flexibility index (Phi) is 10.0. The molecule has 1 unspecified atom stereocenters. The van der Waals surface area contributed by atoms with E-state index >= 15 is 0 Å². The molecule has 0 fully saturated rings. The largest absolute Gasteiger partial charge is 0.481 e. The Morgan fingerprint density at radius 3 is 2.24 bits per heavy atom. The molecule has 0 aromatic carbocycles. The monoisotopic (exact) mass is 301 g/mol. The Hall–Kier alpha value is -1.79. The van der Waals surface area contributed by atoms with Gasteiger partial charge in [-0.05, 0) is 11.8 Å². The average molecular weight is 301 g/mol. The summed E-state index contributed by atoms with van der Waals surface area (Å²) in [5.41, 5.74) is 0. The van der Waals surface area contributed by atoms with Gasteiger partial charge in [0.15, 0.2) is 0 Å². The highest BCUT2D eigenvalue weighted by Crippen LogP contribution is 2.06. The molecule has 0 aliphatic carbocycles. The summed E-state index contributed by atoms with van der Waals surface area (Å²) in [6, 6.07) is -0.379. The number of hydrogen-bond donors (Lipinski definition) is 4. The van der Waals surface area contributed by atoms with Crippen molar-refractivity contribution in [1.29, 1.82) is 0 Å². The van der Waals surface area contributed by atoms with E-state index in [2.05, 4.69) is 16.0 Å². The summed E-state index contributed by atoms with van der Waals surface area (Å²) in [5, 5.41) is 16.7. The van der Waals surface area contributed by atoms with E-state index in [-0.39, 0.29) is 37.2 Å². The quantitative estimate of drug-likeness (QED) is 0.482. The second kappa shape index (κ2) is 10.9. The van der Waals surface area contributed by atoms with Gasteiger partial charge in [0.05, 0.1) is 0 Å². The molecule has 0 radical (unpaired) electrons. The van der Waals surface area contributed by atoms with E-state index in [0.29, 0.717) is 25.4 Å². The average Bonchev–Trinajstić information content (AvgIpc) is 2.40. The summed E-state index contributed by atoms with van der Waals surface area (Å²) in [6.07, 6.45) is 0.949. The maximum Gasteiger partial charge on any atom is 0.314 e. The van der Waals surface area contributed by atoms with E-state index in [1.165, 1.54) is 0 Å². The molecular weight excluding hydrogens is 274 g/mol. The Morgan fingerprint density at radius 2 is 1.71 bits per heavy atom. The Morgan fingerprint density at radius 1 is 1.05 bits per heavy atom. The number of carbonyl (C=O) groups excluding carboxylic acids is 2. The van der Waals surface area contributed by atoms with Crippen molar-refractivity contribution in [3.63, 3.8) is 0 Å². The third kappa shape index (κ3) is 11.7. The maximum absolute atomic E-state index is 11.5. The van der Waals surface area contributed by atoms with Gasteiger partial charge in [-0.1, -0.05) is 27.2 Å². The van der Waals surface area contributed by atoms with Crippen molar-refractivity contribution in [2.45, 2.75) is 40.0 Å². The summed E-state index contributed by atoms with van der Waals surface area (Å²) in [5.74, 6) is -0.653. The molecule has 0 bridgehead atoms. The van der Waals surface area contributed by atoms with E-state index in [9.17, 15) is 14.4 Å². The number of carboxylic acids is 1. The molecule has 0 saturated heterocycles. The highest BCUT2D eigenvalue weighted by Gasteiger charge is 2.12. The van der Waals surface area contributed by atoms with Crippen LogP contribution in [0.2, 0.25) is 0 Å². The van der Waals surface area contributed by atoms with Gasteiger partial charge in [-0.25, -0.2) is 4.79 Å². The van der Waals surface area contributed by atoms with Crippen LogP contribution in [0.1, 0.15) is 40.0 Å². The fourth-order valence-electron chi connectivity index (χ4n) is 1.60. The maximum atomic E-state index is 11.5. The molecule has 0 saturated carbocycles. The molecule has 21 heavy (non-hydrogen) atoms. The Labute approximate surface area is 125 Å². The molecule has 3 amide bonds. The Bertz CT molecular complexity index is 345. The first-order valence-electron chi connectivity index (χ1n) is 7.35. The van der Waals surface area contributed by atoms with Crippen molar-refractivity contribution in [3.8, 4) is 0 Å². The predicted octanol–water partition coefficient (Wildman–Crippen LogP) is 0.949. The zero-order valence-corrected chi connectivity index (χ0v) is 13.1. The number of carboxylic acid groups (broad SMARTS) is 1. The number of hydrogen-bond acceptors (Lipinski definition) is 3. The van der Waals surface area contributed by atoms with Crippen molar-refractivity contribution in [2.24, 2.45) is 11.8 Å². The minimum absolute atomic E-state index is 0.0361. The number of urea groups is 1. The third-order valence-corrected chi connectivity index (χ3v) is 2.94. The zero-order chi connectivity index (χ0) is 16.3. The molecule has 1 atom stereocenters. The van der Waals surface area contributed by atoms with Gasteiger partial charge in [0.1, 0.15) is 0 Å². The van der Waals surface area contributed by atoms with Gasteiger partial charge in [-0.15, -0.1) is 0 Å². The first kappa shape index (κ1) is 19.2. The Balaban J connectivity index is 3.75. The number of carbonyl (C=O) groups is 3. The van der Waals surface area contributed by atoms with Crippen LogP contribution in [0.3, 0.4) is 0 Å². The van der Waals surface area contributed by atoms with Crippen LogP contribution in [0.25, 0.3) is 0 Å². The molecule has 0 heterocycles. The summed E-state index contributed by atoms with van der Waals surface area (Å²) in [6.45, 7) is 7.09. The first-order chi connectivity index (χ1) is 9.85. The molecule has 0 aromatic heterocycles. The second-order valence-electron chi connectivity index (χ2n) is 5.46. The number of rotatable bonds is 10. The van der Waals surface area contributed by atoms with Crippen LogP contribution in [0.5, 0.6) is 0 Å². The molecule has 122 valence electrons. The molecular formula is C14H27N3O4. The van der Waals surface area contributed by atoms with Crippen LogP contribution in [-0.2, 0) is 9.59 Å². The summed E-state index contributed by atoms with van der Waals surface area (Å²) in [4.78, 5) is 33.5. The molecule has 0 aromatic rings. The standard InChI is InChI=1S/C14H27N3O4/c1-4-11(7-13(19)20)9-17-14(21)15-6-5-12(18)16-8-10(2)3/h10-11H,4-9H2,1-3H3,(H,16,18)(H,19,20)(H2,15,17,21). The SMILES string of the molecule is CCC(CNC(=O)NCCC(=O)NCC(C)C)CC(=O)O. The van der Waals surface area contributed by atoms with Gasteiger partial charge in [0.2, 0.25) is 5.91 Å². The van der Waals surface area contributed by atoms with Crippen LogP contribution in [0.4, 0.5) is 4.79 Å². The molecule has 0 aliphatic heterocycles. The molecule has 0 aliphatic rings.